The van der Waals surface area contributed by atoms with Crippen LogP contribution < -0.4 is 10.1 Å². The molecule has 2 amide bonds. The maximum absolute atomic E-state index is 13.4. The minimum Gasteiger partial charge on any atom is -0.497 e. The number of carbonyl (C=O) groups excluding carboxylic acids is 1. The average Bonchev–Trinajstić information content (AvgIpc) is 3.27. The fraction of sp³-hybridized carbons (Fsp3) is 0.286. The molecule has 0 unspecified atom stereocenters. The van der Waals surface area contributed by atoms with E-state index >= 15 is 0 Å². The Hall–Kier alpha value is -3.49. The number of halogens is 2. The lowest BCUT2D eigenvalue weighted by atomic mass is 9.98. The van der Waals surface area contributed by atoms with Crippen LogP contribution in [-0.2, 0) is 0 Å². The predicted octanol–water partition coefficient (Wildman–Crippen LogP) is 4.43. The van der Waals surface area contributed by atoms with Gasteiger partial charge in [0.05, 0.1) is 13.0 Å². The zero-order valence-electron chi connectivity index (χ0n) is 16.3. The summed E-state index contributed by atoms with van der Waals surface area (Å²) in [5, 5.41) is 6.65. The molecule has 1 aromatic heterocycles. The van der Waals surface area contributed by atoms with Crippen LogP contribution in [-0.4, -0.2) is 41.3 Å². The molecule has 3 aromatic rings. The minimum absolute atomic E-state index is 0.110. The summed E-state index contributed by atoms with van der Waals surface area (Å²) in [6.07, 6.45) is 1.56. The summed E-state index contributed by atoms with van der Waals surface area (Å²) >= 11 is 0. The molecule has 1 fully saturated rings. The molecular weight excluding hydrogens is 394 g/mol. The lowest BCUT2D eigenvalue weighted by Crippen LogP contribution is -2.41. The van der Waals surface area contributed by atoms with Crippen LogP contribution in [0.15, 0.2) is 47.0 Å². The molecule has 2 aromatic carbocycles. The number of methoxy groups -OCH3 is 1. The van der Waals surface area contributed by atoms with Crippen molar-refractivity contribution in [1.82, 2.24) is 15.0 Å². The van der Waals surface area contributed by atoms with E-state index in [0.29, 0.717) is 30.6 Å². The predicted molar refractivity (Wildman–Crippen MR) is 105 cm³/mol. The van der Waals surface area contributed by atoms with Crippen molar-refractivity contribution in [2.45, 2.75) is 18.8 Å². The first-order valence-electron chi connectivity index (χ1n) is 9.52. The highest BCUT2D eigenvalue weighted by Gasteiger charge is 2.29. The Bertz CT molecular complexity index is 1060. The summed E-state index contributed by atoms with van der Waals surface area (Å²) in [6, 6.07) is 10.2. The van der Waals surface area contributed by atoms with E-state index in [1.807, 2.05) is 24.3 Å². The third kappa shape index (κ3) is 4.24. The first kappa shape index (κ1) is 19.8. The number of ether oxygens (including phenoxy) is 1. The highest BCUT2D eigenvalue weighted by molar-refractivity contribution is 5.89. The average molecular weight is 414 g/mol. The second kappa shape index (κ2) is 8.48. The van der Waals surface area contributed by atoms with Gasteiger partial charge in [-0.2, -0.15) is 4.98 Å². The number of carbonyl (C=O) groups is 1. The SMILES string of the molecule is COc1cccc(-c2noc([C@@H]3CCCN(C(=O)Nc4ccc(F)c(F)c4)C3)n2)c1. The number of rotatable bonds is 4. The second-order valence-electron chi connectivity index (χ2n) is 7.03. The molecule has 0 radical (unpaired) electrons. The van der Waals surface area contributed by atoms with E-state index < -0.39 is 17.7 Å². The van der Waals surface area contributed by atoms with E-state index in [4.69, 9.17) is 9.26 Å². The minimum atomic E-state index is -1.01. The largest absolute Gasteiger partial charge is 0.497 e. The van der Waals surface area contributed by atoms with Crippen molar-refractivity contribution in [3.05, 3.63) is 60.0 Å². The van der Waals surface area contributed by atoms with Gasteiger partial charge >= 0.3 is 6.03 Å². The number of hydrogen-bond acceptors (Lipinski definition) is 5. The normalized spacial score (nSPS) is 16.4. The van der Waals surface area contributed by atoms with Crippen molar-refractivity contribution in [1.29, 1.82) is 0 Å². The van der Waals surface area contributed by atoms with E-state index in [9.17, 15) is 13.6 Å². The van der Waals surface area contributed by atoms with E-state index in [-0.39, 0.29) is 11.6 Å². The fourth-order valence-corrected chi connectivity index (χ4v) is 3.42. The molecule has 0 spiro atoms. The van der Waals surface area contributed by atoms with Crippen LogP contribution >= 0.6 is 0 Å². The number of piperidine rings is 1. The van der Waals surface area contributed by atoms with Crippen molar-refractivity contribution in [3.8, 4) is 17.1 Å². The summed E-state index contributed by atoms with van der Waals surface area (Å²) in [6.45, 7) is 0.929. The van der Waals surface area contributed by atoms with Crippen molar-refractivity contribution >= 4 is 11.7 Å². The molecule has 0 aliphatic carbocycles. The number of hydrogen-bond donors (Lipinski definition) is 1. The molecule has 0 saturated carbocycles. The van der Waals surface area contributed by atoms with Crippen LogP contribution in [0, 0.1) is 11.6 Å². The van der Waals surface area contributed by atoms with Gasteiger partial charge in [-0.25, -0.2) is 13.6 Å². The van der Waals surface area contributed by atoms with Gasteiger partial charge in [-0.3, -0.25) is 0 Å². The molecule has 4 rings (SSSR count). The van der Waals surface area contributed by atoms with Crippen LogP contribution in [0.2, 0.25) is 0 Å². The Morgan fingerprint density at radius 1 is 1.23 bits per heavy atom. The van der Waals surface area contributed by atoms with E-state index in [0.717, 1.165) is 30.5 Å². The van der Waals surface area contributed by atoms with Crippen LogP contribution in [0.3, 0.4) is 0 Å². The van der Waals surface area contributed by atoms with Crippen molar-refractivity contribution in [2.24, 2.45) is 0 Å². The monoisotopic (exact) mass is 414 g/mol. The number of likely N-dealkylation sites (tertiary alicyclic amines) is 1. The molecule has 0 bridgehead atoms. The van der Waals surface area contributed by atoms with Crippen molar-refractivity contribution in [2.75, 3.05) is 25.5 Å². The molecule has 1 aliphatic heterocycles. The molecule has 156 valence electrons. The Morgan fingerprint density at radius 2 is 2.10 bits per heavy atom. The van der Waals surface area contributed by atoms with Gasteiger partial charge in [-0.05, 0) is 37.1 Å². The van der Waals surface area contributed by atoms with Crippen LogP contribution in [0.5, 0.6) is 5.75 Å². The lowest BCUT2D eigenvalue weighted by molar-refractivity contribution is 0.184. The Labute approximate surface area is 171 Å². The summed E-state index contributed by atoms with van der Waals surface area (Å²) in [5.74, 6) is -0.488. The molecule has 30 heavy (non-hydrogen) atoms. The Morgan fingerprint density at radius 3 is 2.90 bits per heavy atom. The topological polar surface area (TPSA) is 80.5 Å². The van der Waals surface area contributed by atoms with E-state index in [1.165, 1.54) is 6.07 Å². The molecule has 1 saturated heterocycles. The maximum atomic E-state index is 13.4. The Balaban J connectivity index is 1.44. The van der Waals surface area contributed by atoms with Gasteiger partial charge < -0.3 is 19.5 Å². The van der Waals surface area contributed by atoms with Gasteiger partial charge in [-0.15, -0.1) is 0 Å². The number of nitrogens with one attached hydrogen (secondary N) is 1. The number of urea groups is 1. The fourth-order valence-electron chi connectivity index (χ4n) is 3.42. The summed E-state index contributed by atoms with van der Waals surface area (Å²) in [7, 11) is 1.59. The molecular formula is C21H20F2N4O3. The third-order valence-corrected chi connectivity index (χ3v) is 5.00. The highest BCUT2D eigenvalue weighted by Crippen LogP contribution is 2.29. The van der Waals surface area contributed by atoms with Gasteiger partial charge in [0.1, 0.15) is 5.75 Å². The van der Waals surface area contributed by atoms with Gasteiger partial charge in [0, 0.05) is 30.4 Å². The smallest absolute Gasteiger partial charge is 0.321 e. The van der Waals surface area contributed by atoms with Crippen molar-refractivity contribution in [3.63, 3.8) is 0 Å². The highest BCUT2D eigenvalue weighted by atomic mass is 19.2. The first-order chi connectivity index (χ1) is 14.5. The second-order valence-corrected chi connectivity index (χ2v) is 7.03. The van der Waals surface area contributed by atoms with Crippen LogP contribution in [0.1, 0.15) is 24.7 Å². The summed E-state index contributed by atoms with van der Waals surface area (Å²) < 4.78 is 37.1. The maximum Gasteiger partial charge on any atom is 0.321 e. The zero-order valence-corrected chi connectivity index (χ0v) is 16.3. The first-order valence-corrected chi connectivity index (χ1v) is 9.52. The number of aromatic nitrogens is 2. The molecule has 7 nitrogen and oxygen atoms in total. The zero-order chi connectivity index (χ0) is 21.1. The lowest BCUT2D eigenvalue weighted by Gasteiger charge is -2.31. The van der Waals surface area contributed by atoms with E-state index in [2.05, 4.69) is 15.5 Å². The standard InChI is InChI=1S/C21H20F2N4O3/c1-29-16-6-2-4-13(10-16)19-25-20(30-26-19)14-5-3-9-27(12-14)21(28)24-15-7-8-17(22)18(23)11-15/h2,4,6-8,10-11,14H,3,5,9,12H2,1H3,(H,24,28)/t14-/m1/s1. The Kier molecular flexibility index (Phi) is 5.60. The van der Waals surface area contributed by atoms with Gasteiger partial charge in [0.25, 0.3) is 0 Å². The van der Waals surface area contributed by atoms with Crippen molar-refractivity contribution < 1.29 is 22.8 Å². The molecule has 2 heterocycles. The molecule has 1 N–H and O–H groups in total. The van der Waals surface area contributed by atoms with E-state index in [1.54, 1.807) is 12.0 Å². The number of benzene rings is 2. The quantitative estimate of drug-likeness (QED) is 0.683. The number of amides is 2. The summed E-state index contributed by atoms with van der Waals surface area (Å²) in [4.78, 5) is 18.7. The molecule has 1 aliphatic rings. The number of anilines is 1. The molecule has 1 atom stereocenters. The summed E-state index contributed by atoms with van der Waals surface area (Å²) in [5.41, 5.74) is 0.965. The van der Waals surface area contributed by atoms with Crippen LogP contribution in [0.4, 0.5) is 19.3 Å². The number of nitrogens with zero attached hydrogens (tertiary/aromatic N) is 3. The molecule has 9 heteroatoms. The van der Waals surface area contributed by atoms with Gasteiger partial charge in [0.15, 0.2) is 11.6 Å². The third-order valence-electron chi connectivity index (χ3n) is 5.00. The van der Waals surface area contributed by atoms with Gasteiger partial charge in [-0.1, -0.05) is 17.3 Å². The van der Waals surface area contributed by atoms with Gasteiger partial charge in [0.2, 0.25) is 11.7 Å². The van der Waals surface area contributed by atoms with Crippen LogP contribution in [0.25, 0.3) is 11.4 Å².